The number of nitrogens with zero attached hydrogens (tertiary/aromatic N) is 2. The van der Waals surface area contributed by atoms with Crippen molar-refractivity contribution in [3.05, 3.63) is 81.1 Å². The molecule has 1 aliphatic heterocycles. The Hall–Kier alpha value is -3.20. The molecule has 7 heteroatoms. The number of carboxylic acids is 1. The zero-order valence-electron chi connectivity index (χ0n) is 15.3. The molecule has 3 aromatic rings. The standard InChI is InChI=1S/C22H15IN2O4/c1-13-19(21(26)25(24-13)15-8-6-14(23)7-9-15)12-16-10-11-20(29-16)17-4-2-3-5-18(17)22(27)28/h2-12H,1H3,(H,27,28)/b19-12+. The van der Waals surface area contributed by atoms with Crippen LogP contribution in [0.15, 0.2) is 75.8 Å². The summed E-state index contributed by atoms with van der Waals surface area (Å²) in [6.07, 6.45) is 1.63. The summed E-state index contributed by atoms with van der Waals surface area (Å²) in [4.78, 5) is 24.3. The number of halogens is 1. The van der Waals surface area contributed by atoms with Crippen LogP contribution < -0.4 is 5.01 Å². The number of carbonyl (C=O) groups excluding carboxylic acids is 1. The first-order chi connectivity index (χ1) is 13.9. The van der Waals surface area contributed by atoms with E-state index in [1.807, 2.05) is 24.3 Å². The average Bonchev–Trinajstić information content (AvgIpc) is 3.29. The highest BCUT2D eigenvalue weighted by Crippen LogP contribution is 2.29. The topological polar surface area (TPSA) is 83.1 Å². The number of aromatic carboxylic acids is 1. The van der Waals surface area contributed by atoms with Gasteiger partial charge in [0.15, 0.2) is 0 Å². The Morgan fingerprint density at radius 3 is 2.55 bits per heavy atom. The summed E-state index contributed by atoms with van der Waals surface area (Å²) in [5, 5.41) is 15.1. The largest absolute Gasteiger partial charge is 0.478 e. The van der Waals surface area contributed by atoms with Crippen molar-refractivity contribution in [2.75, 3.05) is 5.01 Å². The summed E-state index contributed by atoms with van der Waals surface area (Å²) in [6, 6.07) is 17.5. The van der Waals surface area contributed by atoms with Gasteiger partial charge in [-0.15, -0.1) is 0 Å². The van der Waals surface area contributed by atoms with Crippen molar-refractivity contribution in [3.63, 3.8) is 0 Å². The van der Waals surface area contributed by atoms with E-state index in [1.165, 1.54) is 11.1 Å². The Morgan fingerprint density at radius 2 is 1.83 bits per heavy atom. The van der Waals surface area contributed by atoms with Gasteiger partial charge in [-0.25, -0.2) is 4.79 Å². The fourth-order valence-corrected chi connectivity index (χ4v) is 3.40. The van der Waals surface area contributed by atoms with Crippen LogP contribution in [-0.4, -0.2) is 22.7 Å². The van der Waals surface area contributed by atoms with Gasteiger partial charge in [0, 0.05) is 9.13 Å². The van der Waals surface area contributed by atoms with Crippen molar-refractivity contribution >= 4 is 51.9 Å². The molecule has 29 heavy (non-hydrogen) atoms. The van der Waals surface area contributed by atoms with Crippen molar-refractivity contribution in [1.29, 1.82) is 0 Å². The maximum absolute atomic E-state index is 12.8. The average molecular weight is 498 g/mol. The van der Waals surface area contributed by atoms with Crippen molar-refractivity contribution in [1.82, 2.24) is 0 Å². The molecule has 2 aromatic carbocycles. The molecule has 1 aromatic heterocycles. The fraction of sp³-hybridized carbons (Fsp3) is 0.0455. The quantitative estimate of drug-likeness (QED) is 0.403. The summed E-state index contributed by atoms with van der Waals surface area (Å²) in [6.45, 7) is 1.76. The molecule has 0 fully saturated rings. The lowest BCUT2D eigenvalue weighted by Crippen LogP contribution is -2.21. The molecule has 6 nitrogen and oxygen atoms in total. The molecule has 0 saturated heterocycles. The van der Waals surface area contributed by atoms with Gasteiger partial charge in [-0.3, -0.25) is 4.79 Å². The monoisotopic (exact) mass is 498 g/mol. The number of furan rings is 1. The van der Waals surface area contributed by atoms with E-state index in [0.717, 1.165) is 3.57 Å². The first kappa shape index (κ1) is 19.1. The Kier molecular flexibility index (Phi) is 5.06. The second-order valence-corrected chi connectivity index (χ2v) is 7.64. The SMILES string of the molecule is CC1=NN(c2ccc(I)cc2)C(=O)/C1=C/c1ccc(-c2ccccc2C(=O)O)o1. The molecule has 0 atom stereocenters. The highest BCUT2D eigenvalue weighted by molar-refractivity contribution is 14.1. The Balaban J connectivity index is 1.65. The molecule has 0 aliphatic carbocycles. The highest BCUT2D eigenvalue weighted by atomic mass is 127. The third-order valence-electron chi connectivity index (χ3n) is 4.47. The van der Waals surface area contributed by atoms with Crippen LogP contribution >= 0.6 is 22.6 Å². The van der Waals surface area contributed by atoms with Crippen LogP contribution in [0.3, 0.4) is 0 Å². The van der Waals surface area contributed by atoms with Crippen LogP contribution in [0.1, 0.15) is 23.0 Å². The molecule has 0 radical (unpaired) electrons. The van der Waals surface area contributed by atoms with Gasteiger partial charge in [0.2, 0.25) is 0 Å². The highest BCUT2D eigenvalue weighted by Gasteiger charge is 2.29. The summed E-state index contributed by atoms with van der Waals surface area (Å²) in [5.74, 6) is -0.404. The van der Waals surface area contributed by atoms with Crippen LogP contribution in [0, 0.1) is 3.57 Å². The van der Waals surface area contributed by atoms with Crippen LogP contribution in [0.4, 0.5) is 5.69 Å². The van der Waals surface area contributed by atoms with Gasteiger partial charge < -0.3 is 9.52 Å². The third kappa shape index (κ3) is 3.73. The van der Waals surface area contributed by atoms with E-state index in [9.17, 15) is 14.7 Å². The smallest absolute Gasteiger partial charge is 0.336 e. The van der Waals surface area contributed by atoms with E-state index >= 15 is 0 Å². The second-order valence-electron chi connectivity index (χ2n) is 6.39. The van der Waals surface area contributed by atoms with Gasteiger partial charge in [-0.05, 0) is 78.1 Å². The predicted octanol–water partition coefficient (Wildman–Crippen LogP) is 5.06. The summed E-state index contributed by atoms with van der Waals surface area (Å²) < 4.78 is 6.88. The number of hydrogen-bond acceptors (Lipinski definition) is 4. The van der Waals surface area contributed by atoms with Crippen LogP contribution in [0.2, 0.25) is 0 Å². The molecule has 1 aliphatic rings. The maximum Gasteiger partial charge on any atom is 0.336 e. The lowest BCUT2D eigenvalue weighted by atomic mass is 10.1. The van der Waals surface area contributed by atoms with Gasteiger partial charge in [-0.1, -0.05) is 18.2 Å². The van der Waals surface area contributed by atoms with E-state index in [-0.39, 0.29) is 11.5 Å². The van der Waals surface area contributed by atoms with E-state index in [2.05, 4.69) is 27.7 Å². The fourth-order valence-electron chi connectivity index (χ4n) is 3.04. The van der Waals surface area contributed by atoms with Crippen molar-refractivity contribution in [2.45, 2.75) is 6.92 Å². The summed E-state index contributed by atoms with van der Waals surface area (Å²) in [7, 11) is 0. The molecule has 0 unspecified atom stereocenters. The molecular formula is C22H15IN2O4. The van der Waals surface area contributed by atoms with E-state index in [4.69, 9.17) is 4.42 Å². The maximum atomic E-state index is 12.8. The Bertz CT molecular complexity index is 1180. The lowest BCUT2D eigenvalue weighted by molar-refractivity contribution is -0.114. The van der Waals surface area contributed by atoms with Crippen LogP contribution in [0.25, 0.3) is 17.4 Å². The zero-order chi connectivity index (χ0) is 20.5. The minimum absolute atomic E-state index is 0.153. The summed E-state index contributed by atoms with van der Waals surface area (Å²) in [5.41, 5.74) is 2.33. The minimum atomic E-state index is -1.03. The number of amides is 1. The first-order valence-electron chi connectivity index (χ1n) is 8.74. The van der Waals surface area contributed by atoms with Crippen molar-refractivity contribution in [3.8, 4) is 11.3 Å². The molecule has 0 spiro atoms. The van der Waals surface area contributed by atoms with Crippen LogP contribution in [0.5, 0.6) is 0 Å². The summed E-state index contributed by atoms with van der Waals surface area (Å²) >= 11 is 2.20. The Labute approximate surface area is 180 Å². The number of carboxylic acid groups (broad SMARTS) is 1. The van der Waals surface area contributed by atoms with Gasteiger partial charge in [0.05, 0.1) is 22.5 Å². The third-order valence-corrected chi connectivity index (χ3v) is 5.19. The molecule has 0 saturated carbocycles. The second kappa shape index (κ2) is 7.67. The van der Waals surface area contributed by atoms with Gasteiger partial charge >= 0.3 is 5.97 Å². The molecule has 1 amide bonds. The zero-order valence-corrected chi connectivity index (χ0v) is 17.5. The lowest BCUT2D eigenvalue weighted by Gasteiger charge is -2.11. The van der Waals surface area contributed by atoms with Crippen LogP contribution in [-0.2, 0) is 4.79 Å². The number of rotatable bonds is 4. The molecular weight excluding hydrogens is 483 g/mol. The molecule has 144 valence electrons. The van der Waals surface area contributed by atoms with Crippen molar-refractivity contribution < 1.29 is 19.1 Å². The molecule has 4 rings (SSSR count). The number of carbonyl (C=O) groups is 2. The van der Waals surface area contributed by atoms with E-state index in [0.29, 0.717) is 34.1 Å². The van der Waals surface area contributed by atoms with Gasteiger partial charge in [-0.2, -0.15) is 10.1 Å². The Morgan fingerprint density at radius 1 is 1.10 bits per heavy atom. The number of hydrazone groups is 1. The first-order valence-corrected chi connectivity index (χ1v) is 9.82. The number of benzene rings is 2. The van der Waals surface area contributed by atoms with Crippen molar-refractivity contribution in [2.24, 2.45) is 5.10 Å². The normalized spacial score (nSPS) is 15.1. The van der Waals surface area contributed by atoms with E-state index in [1.54, 1.807) is 43.3 Å². The predicted molar refractivity (Wildman–Crippen MR) is 119 cm³/mol. The minimum Gasteiger partial charge on any atom is -0.478 e. The molecule has 2 heterocycles. The number of hydrogen-bond donors (Lipinski definition) is 1. The van der Waals surface area contributed by atoms with Gasteiger partial charge in [0.1, 0.15) is 11.5 Å². The molecule has 1 N–H and O–H groups in total. The number of anilines is 1. The molecule has 0 bridgehead atoms. The van der Waals surface area contributed by atoms with Gasteiger partial charge in [0.25, 0.3) is 5.91 Å². The van der Waals surface area contributed by atoms with E-state index < -0.39 is 5.97 Å².